The quantitative estimate of drug-likeness (QED) is 0.627. The molecule has 1 aromatic carbocycles. The van der Waals surface area contributed by atoms with E-state index in [9.17, 15) is 18.0 Å². The normalized spacial score (nSPS) is 20.8. The van der Waals surface area contributed by atoms with Crippen LogP contribution in [0.15, 0.2) is 23.1 Å². The average Bonchev–Trinajstić information content (AvgIpc) is 3.24. The molecule has 182 valence electrons. The van der Waals surface area contributed by atoms with E-state index in [1.54, 1.807) is 27.4 Å². The van der Waals surface area contributed by atoms with Crippen LogP contribution in [-0.2, 0) is 26.0 Å². The second-order valence-corrected chi connectivity index (χ2v) is 11.4. The van der Waals surface area contributed by atoms with E-state index in [1.165, 1.54) is 6.92 Å². The zero-order chi connectivity index (χ0) is 23.6. The van der Waals surface area contributed by atoms with Gasteiger partial charge in [-0.1, -0.05) is 6.92 Å². The van der Waals surface area contributed by atoms with Crippen LogP contribution in [0.2, 0.25) is 0 Å². The molecule has 0 unspecified atom stereocenters. The summed E-state index contributed by atoms with van der Waals surface area (Å²) in [6.07, 6.45) is 3.75. The SMILES string of the molecule is CCCN1CCN(C(=O)CC2CCN(S(=O)(=O)c3ccc4c(c3)CCN4C(C)=O)CC2)CC1. The molecule has 0 atom stereocenters. The van der Waals surface area contributed by atoms with Gasteiger partial charge in [-0.2, -0.15) is 4.31 Å². The first kappa shape index (κ1) is 24.2. The number of amides is 2. The summed E-state index contributed by atoms with van der Waals surface area (Å²) in [5, 5.41) is 0. The van der Waals surface area contributed by atoms with Crippen LogP contribution in [0.25, 0.3) is 0 Å². The van der Waals surface area contributed by atoms with Crippen LogP contribution in [0.1, 0.15) is 45.1 Å². The highest BCUT2D eigenvalue weighted by atomic mass is 32.2. The summed E-state index contributed by atoms with van der Waals surface area (Å²) in [5.41, 5.74) is 1.72. The van der Waals surface area contributed by atoms with E-state index in [0.29, 0.717) is 50.2 Å². The number of carbonyl (C=O) groups excluding carboxylic acids is 2. The highest BCUT2D eigenvalue weighted by Crippen LogP contribution is 2.32. The van der Waals surface area contributed by atoms with Gasteiger partial charge in [0.1, 0.15) is 0 Å². The van der Waals surface area contributed by atoms with Crippen LogP contribution in [0.4, 0.5) is 5.69 Å². The molecule has 0 aromatic heterocycles. The fraction of sp³-hybridized carbons (Fsp3) is 0.667. The van der Waals surface area contributed by atoms with Crippen molar-refractivity contribution in [2.24, 2.45) is 5.92 Å². The maximum atomic E-state index is 13.2. The Morgan fingerprint density at radius 3 is 2.33 bits per heavy atom. The number of nitrogens with zero attached hydrogens (tertiary/aromatic N) is 4. The van der Waals surface area contributed by atoms with Crippen LogP contribution in [0.5, 0.6) is 0 Å². The van der Waals surface area contributed by atoms with Crippen LogP contribution in [0, 0.1) is 5.92 Å². The third-order valence-corrected chi connectivity index (χ3v) is 9.16. The number of sulfonamides is 1. The number of hydrogen-bond donors (Lipinski definition) is 0. The third kappa shape index (κ3) is 5.25. The summed E-state index contributed by atoms with van der Waals surface area (Å²) >= 11 is 0. The molecule has 3 heterocycles. The Morgan fingerprint density at radius 2 is 1.70 bits per heavy atom. The number of piperidine rings is 1. The molecule has 1 aromatic rings. The molecule has 33 heavy (non-hydrogen) atoms. The number of piperazine rings is 1. The van der Waals surface area contributed by atoms with Gasteiger partial charge in [0, 0.05) is 64.8 Å². The van der Waals surface area contributed by atoms with Gasteiger partial charge in [-0.15, -0.1) is 0 Å². The van der Waals surface area contributed by atoms with Gasteiger partial charge in [0.2, 0.25) is 21.8 Å². The van der Waals surface area contributed by atoms with Crippen molar-refractivity contribution in [1.29, 1.82) is 0 Å². The van der Waals surface area contributed by atoms with Crippen molar-refractivity contribution in [3.05, 3.63) is 23.8 Å². The second kappa shape index (κ2) is 10.1. The summed E-state index contributed by atoms with van der Waals surface area (Å²) in [6.45, 7) is 9.77. The molecule has 0 saturated carbocycles. The van der Waals surface area contributed by atoms with Gasteiger partial charge >= 0.3 is 0 Å². The number of rotatable bonds is 6. The van der Waals surface area contributed by atoms with E-state index in [0.717, 1.165) is 50.4 Å². The van der Waals surface area contributed by atoms with Crippen molar-refractivity contribution < 1.29 is 18.0 Å². The van der Waals surface area contributed by atoms with Gasteiger partial charge in [-0.3, -0.25) is 14.5 Å². The average molecular weight is 477 g/mol. The summed E-state index contributed by atoms with van der Waals surface area (Å²) in [6, 6.07) is 5.09. The van der Waals surface area contributed by atoms with Crippen molar-refractivity contribution in [3.8, 4) is 0 Å². The third-order valence-electron chi connectivity index (χ3n) is 7.27. The van der Waals surface area contributed by atoms with Crippen molar-refractivity contribution in [2.75, 3.05) is 57.3 Å². The zero-order valence-electron chi connectivity index (χ0n) is 19.8. The molecule has 2 saturated heterocycles. The first-order chi connectivity index (χ1) is 15.8. The lowest BCUT2D eigenvalue weighted by Gasteiger charge is -2.36. The Bertz CT molecular complexity index is 980. The van der Waals surface area contributed by atoms with Crippen LogP contribution in [0.3, 0.4) is 0 Å². The van der Waals surface area contributed by atoms with E-state index in [1.807, 2.05) is 4.90 Å². The van der Waals surface area contributed by atoms with Crippen LogP contribution < -0.4 is 4.90 Å². The Balaban J connectivity index is 1.31. The van der Waals surface area contributed by atoms with E-state index in [-0.39, 0.29) is 17.7 Å². The fourth-order valence-electron chi connectivity index (χ4n) is 5.28. The van der Waals surface area contributed by atoms with Crippen molar-refractivity contribution in [1.82, 2.24) is 14.1 Å². The molecule has 4 rings (SSSR count). The largest absolute Gasteiger partial charge is 0.340 e. The summed E-state index contributed by atoms with van der Waals surface area (Å²) < 4.78 is 28.0. The van der Waals surface area contributed by atoms with Crippen molar-refractivity contribution in [3.63, 3.8) is 0 Å². The lowest BCUT2D eigenvalue weighted by atomic mass is 9.94. The van der Waals surface area contributed by atoms with Gasteiger partial charge < -0.3 is 9.80 Å². The summed E-state index contributed by atoms with van der Waals surface area (Å²) in [5.74, 6) is 0.423. The Labute approximate surface area is 197 Å². The monoisotopic (exact) mass is 476 g/mol. The molecular formula is C24H36N4O4S. The highest BCUT2D eigenvalue weighted by Gasteiger charge is 2.33. The molecular weight excluding hydrogens is 440 g/mol. The van der Waals surface area contributed by atoms with Gasteiger partial charge in [0.15, 0.2) is 0 Å². The lowest BCUT2D eigenvalue weighted by molar-refractivity contribution is -0.134. The summed E-state index contributed by atoms with van der Waals surface area (Å²) in [7, 11) is -3.58. The zero-order valence-corrected chi connectivity index (χ0v) is 20.6. The maximum absolute atomic E-state index is 13.2. The van der Waals surface area contributed by atoms with Gasteiger partial charge in [0.05, 0.1) is 4.90 Å². The molecule has 9 heteroatoms. The number of benzene rings is 1. The molecule has 0 aliphatic carbocycles. The fourth-order valence-corrected chi connectivity index (χ4v) is 6.80. The van der Waals surface area contributed by atoms with E-state index in [2.05, 4.69) is 11.8 Å². The number of hydrogen-bond acceptors (Lipinski definition) is 5. The molecule has 2 amide bonds. The minimum Gasteiger partial charge on any atom is -0.340 e. The van der Waals surface area contributed by atoms with Crippen molar-refractivity contribution in [2.45, 2.75) is 50.8 Å². The van der Waals surface area contributed by atoms with E-state index in [4.69, 9.17) is 0 Å². The molecule has 0 radical (unpaired) electrons. The molecule has 3 aliphatic rings. The molecule has 0 N–H and O–H groups in total. The topological polar surface area (TPSA) is 81.2 Å². The predicted octanol–water partition coefficient (Wildman–Crippen LogP) is 1.94. The minimum absolute atomic E-state index is 0.0242. The number of carbonyl (C=O) groups is 2. The van der Waals surface area contributed by atoms with Gasteiger partial charge in [-0.25, -0.2) is 8.42 Å². The lowest BCUT2D eigenvalue weighted by Crippen LogP contribution is -2.49. The smallest absolute Gasteiger partial charge is 0.243 e. The Hall–Kier alpha value is -1.97. The second-order valence-electron chi connectivity index (χ2n) is 9.49. The standard InChI is InChI=1S/C24H36N4O4S/c1-3-9-25-13-15-26(16-14-25)24(30)17-20-6-10-27(11-7-20)33(31,32)22-4-5-23-21(18-22)8-12-28(23)19(2)29/h4-5,18,20H,3,6-17H2,1-2H3. The van der Waals surface area contributed by atoms with E-state index < -0.39 is 10.0 Å². The summed E-state index contributed by atoms with van der Waals surface area (Å²) in [4.78, 5) is 30.9. The van der Waals surface area contributed by atoms with Crippen LogP contribution in [-0.4, -0.2) is 86.7 Å². The van der Waals surface area contributed by atoms with Gasteiger partial charge in [0.25, 0.3) is 0 Å². The molecule has 3 aliphatic heterocycles. The first-order valence-electron chi connectivity index (χ1n) is 12.2. The number of anilines is 1. The predicted molar refractivity (Wildman–Crippen MR) is 128 cm³/mol. The number of fused-ring (bicyclic) bond motifs is 1. The molecule has 0 spiro atoms. The van der Waals surface area contributed by atoms with Gasteiger partial charge in [-0.05, 0) is 61.9 Å². The van der Waals surface area contributed by atoms with E-state index >= 15 is 0 Å². The maximum Gasteiger partial charge on any atom is 0.243 e. The highest BCUT2D eigenvalue weighted by molar-refractivity contribution is 7.89. The van der Waals surface area contributed by atoms with Crippen molar-refractivity contribution >= 4 is 27.5 Å². The van der Waals surface area contributed by atoms with Crippen LogP contribution >= 0.6 is 0 Å². The Kier molecular flexibility index (Phi) is 7.40. The first-order valence-corrected chi connectivity index (χ1v) is 13.6. The molecule has 0 bridgehead atoms. The molecule has 2 fully saturated rings. The molecule has 8 nitrogen and oxygen atoms in total. The minimum atomic E-state index is -3.58. The Morgan fingerprint density at radius 1 is 1.00 bits per heavy atom.